The van der Waals surface area contributed by atoms with Crippen molar-refractivity contribution >= 4 is 23.4 Å². The maximum absolute atomic E-state index is 6.00. The lowest BCUT2D eigenvalue weighted by Crippen LogP contribution is -2.30. The average molecular weight is 244 g/mol. The first-order valence-electron chi connectivity index (χ1n) is 4.96. The Kier molecular flexibility index (Phi) is 3.78. The molecule has 0 radical (unpaired) electrons. The largest absolute Gasteiger partial charge is 0.496 e. The van der Waals surface area contributed by atoms with Crippen molar-refractivity contribution in [2.24, 2.45) is 0 Å². The summed E-state index contributed by atoms with van der Waals surface area (Å²) in [7, 11) is 1.70. The third-order valence-electron chi connectivity index (χ3n) is 2.49. The second kappa shape index (κ2) is 5.10. The van der Waals surface area contributed by atoms with Crippen molar-refractivity contribution in [3.63, 3.8) is 0 Å². The molecule has 1 aliphatic rings. The molecule has 0 aliphatic carbocycles. The number of rotatable bonds is 2. The molecule has 0 aromatic heterocycles. The third kappa shape index (κ3) is 2.60. The van der Waals surface area contributed by atoms with E-state index < -0.39 is 0 Å². The second-order valence-corrected chi connectivity index (χ2v) is 5.05. The number of methoxy groups -OCH3 is 1. The van der Waals surface area contributed by atoms with E-state index in [4.69, 9.17) is 16.3 Å². The predicted octanol–water partition coefficient (Wildman–Crippen LogP) is 2.73. The fourth-order valence-electron chi connectivity index (χ4n) is 1.74. The molecule has 1 heterocycles. The summed E-state index contributed by atoms with van der Waals surface area (Å²) in [6.07, 6.45) is 0. The first kappa shape index (κ1) is 11.1. The summed E-state index contributed by atoms with van der Waals surface area (Å²) in [5, 5.41) is 4.24. The molecular formula is C11H14ClNOS. The van der Waals surface area contributed by atoms with Crippen molar-refractivity contribution in [1.82, 2.24) is 5.32 Å². The van der Waals surface area contributed by atoms with Gasteiger partial charge in [0.1, 0.15) is 5.75 Å². The van der Waals surface area contributed by atoms with Crippen molar-refractivity contribution in [1.29, 1.82) is 0 Å². The van der Waals surface area contributed by atoms with Crippen LogP contribution in [0.25, 0.3) is 0 Å². The second-order valence-electron chi connectivity index (χ2n) is 3.47. The topological polar surface area (TPSA) is 21.3 Å². The molecule has 1 saturated heterocycles. The molecular weight excluding hydrogens is 230 g/mol. The fourth-order valence-corrected chi connectivity index (χ4v) is 2.89. The van der Waals surface area contributed by atoms with Gasteiger partial charge >= 0.3 is 0 Å². The molecule has 0 bridgehead atoms. The lowest BCUT2D eigenvalue weighted by atomic mass is 10.1. The highest BCUT2D eigenvalue weighted by Gasteiger charge is 2.18. The van der Waals surface area contributed by atoms with Crippen LogP contribution in [0, 0.1) is 0 Å². The molecule has 0 amide bonds. The number of benzene rings is 1. The Hall–Kier alpha value is -0.380. The molecule has 1 atom stereocenters. The normalized spacial score (nSPS) is 21.3. The smallest absolute Gasteiger partial charge is 0.123 e. The molecule has 1 aliphatic heterocycles. The van der Waals surface area contributed by atoms with E-state index in [9.17, 15) is 0 Å². The highest BCUT2D eigenvalue weighted by Crippen LogP contribution is 2.31. The molecule has 82 valence electrons. The highest BCUT2D eigenvalue weighted by atomic mass is 35.5. The summed E-state index contributed by atoms with van der Waals surface area (Å²) in [5.74, 6) is 3.18. The van der Waals surface area contributed by atoms with Gasteiger partial charge in [-0.2, -0.15) is 11.8 Å². The predicted molar refractivity (Wildman–Crippen MR) is 66.1 cm³/mol. The zero-order chi connectivity index (χ0) is 10.7. The van der Waals surface area contributed by atoms with Crippen molar-refractivity contribution in [2.45, 2.75) is 6.04 Å². The van der Waals surface area contributed by atoms with Crippen molar-refractivity contribution in [3.05, 3.63) is 28.8 Å². The van der Waals surface area contributed by atoms with Crippen molar-refractivity contribution in [3.8, 4) is 5.75 Å². The van der Waals surface area contributed by atoms with Crippen LogP contribution in [0.1, 0.15) is 11.6 Å². The van der Waals surface area contributed by atoms with Crippen LogP contribution in [0.15, 0.2) is 18.2 Å². The standard InChI is InChI=1S/C11H14ClNOS/c1-14-11-3-2-8(12)6-9(11)10-7-15-5-4-13-10/h2-3,6,10,13H,4-5,7H2,1H3. The molecule has 1 unspecified atom stereocenters. The number of halogens is 1. The van der Waals surface area contributed by atoms with Crippen molar-refractivity contribution in [2.75, 3.05) is 25.2 Å². The maximum atomic E-state index is 6.00. The van der Waals surface area contributed by atoms with Gasteiger partial charge in [-0.3, -0.25) is 0 Å². The molecule has 1 aromatic rings. The summed E-state index contributed by atoms with van der Waals surface area (Å²) in [5.41, 5.74) is 1.16. The van der Waals surface area contributed by atoms with Crippen LogP contribution in [-0.2, 0) is 0 Å². The van der Waals surface area contributed by atoms with Gasteiger partial charge in [-0.1, -0.05) is 11.6 Å². The third-order valence-corrected chi connectivity index (χ3v) is 3.79. The quantitative estimate of drug-likeness (QED) is 0.863. The van der Waals surface area contributed by atoms with E-state index in [-0.39, 0.29) is 0 Å². The van der Waals surface area contributed by atoms with Gasteiger partial charge in [0.25, 0.3) is 0 Å². The fraction of sp³-hybridized carbons (Fsp3) is 0.455. The van der Waals surface area contributed by atoms with E-state index in [1.165, 1.54) is 5.75 Å². The number of thioether (sulfide) groups is 1. The first-order valence-corrected chi connectivity index (χ1v) is 6.49. The number of nitrogens with one attached hydrogen (secondary N) is 1. The van der Waals surface area contributed by atoms with Gasteiger partial charge in [-0.15, -0.1) is 0 Å². The Morgan fingerprint density at radius 1 is 1.53 bits per heavy atom. The first-order chi connectivity index (χ1) is 7.31. The van der Waals surface area contributed by atoms with Gasteiger partial charge in [0, 0.05) is 34.7 Å². The lowest BCUT2D eigenvalue weighted by Gasteiger charge is -2.25. The summed E-state index contributed by atoms with van der Waals surface area (Å²) >= 11 is 7.96. The molecule has 4 heteroatoms. The van der Waals surface area contributed by atoms with E-state index in [1.807, 2.05) is 30.0 Å². The molecule has 1 N–H and O–H groups in total. The van der Waals surface area contributed by atoms with E-state index in [1.54, 1.807) is 7.11 Å². The SMILES string of the molecule is COc1ccc(Cl)cc1C1CSCCN1. The summed E-state index contributed by atoms with van der Waals surface area (Å²) in [6, 6.07) is 6.14. The van der Waals surface area contributed by atoms with E-state index in [0.29, 0.717) is 6.04 Å². The monoisotopic (exact) mass is 243 g/mol. The summed E-state index contributed by atoms with van der Waals surface area (Å²) < 4.78 is 5.35. The van der Waals surface area contributed by atoms with Gasteiger partial charge in [-0.25, -0.2) is 0 Å². The average Bonchev–Trinajstić information content (AvgIpc) is 2.30. The van der Waals surface area contributed by atoms with Crippen LogP contribution >= 0.6 is 23.4 Å². The Balaban J connectivity index is 2.27. The molecule has 15 heavy (non-hydrogen) atoms. The zero-order valence-electron chi connectivity index (χ0n) is 8.63. The Bertz CT molecular complexity index is 339. The van der Waals surface area contributed by atoms with Crippen LogP contribution in [0.4, 0.5) is 0 Å². The Morgan fingerprint density at radius 3 is 3.07 bits per heavy atom. The molecule has 1 fully saturated rings. The lowest BCUT2D eigenvalue weighted by molar-refractivity contribution is 0.402. The number of ether oxygens (including phenoxy) is 1. The van der Waals surface area contributed by atoms with E-state index in [0.717, 1.165) is 28.6 Å². The number of hydrogen-bond donors (Lipinski definition) is 1. The van der Waals surface area contributed by atoms with Gasteiger partial charge < -0.3 is 10.1 Å². The Labute approximate surface area is 99.3 Å². The zero-order valence-corrected chi connectivity index (χ0v) is 10.2. The summed E-state index contributed by atoms with van der Waals surface area (Å²) in [4.78, 5) is 0. The highest BCUT2D eigenvalue weighted by molar-refractivity contribution is 7.99. The van der Waals surface area contributed by atoms with E-state index >= 15 is 0 Å². The molecule has 1 aromatic carbocycles. The Morgan fingerprint density at radius 2 is 2.40 bits per heavy atom. The minimum absolute atomic E-state index is 0.359. The van der Waals surface area contributed by atoms with Crippen LogP contribution < -0.4 is 10.1 Å². The number of hydrogen-bond acceptors (Lipinski definition) is 3. The van der Waals surface area contributed by atoms with Gasteiger partial charge in [-0.05, 0) is 18.2 Å². The minimum Gasteiger partial charge on any atom is -0.496 e. The molecule has 2 rings (SSSR count). The van der Waals surface area contributed by atoms with Crippen LogP contribution in [-0.4, -0.2) is 25.2 Å². The maximum Gasteiger partial charge on any atom is 0.123 e. The molecule has 2 nitrogen and oxygen atoms in total. The van der Waals surface area contributed by atoms with Gasteiger partial charge in [0.15, 0.2) is 0 Å². The van der Waals surface area contributed by atoms with Crippen LogP contribution in [0.3, 0.4) is 0 Å². The van der Waals surface area contributed by atoms with Crippen LogP contribution in [0.5, 0.6) is 5.75 Å². The van der Waals surface area contributed by atoms with E-state index in [2.05, 4.69) is 5.32 Å². The van der Waals surface area contributed by atoms with Gasteiger partial charge in [0.2, 0.25) is 0 Å². The molecule has 0 spiro atoms. The van der Waals surface area contributed by atoms with Crippen molar-refractivity contribution < 1.29 is 4.74 Å². The minimum atomic E-state index is 0.359. The van der Waals surface area contributed by atoms with Gasteiger partial charge in [0.05, 0.1) is 7.11 Å². The molecule has 0 saturated carbocycles. The summed E-state index contributed by atoms with van der Waals surface area (Å²) in [6.45, 7) is 1.05. The van der Waals surface area contributed by atoms with Crippen LogP contribution in [0.2, 0.25) is 5.02 Å².